The Kier molecular flexibility index (Phi) is 4.99. The van der Waals surface area contributed by atoms with E-state index < -0.39 is 8.32 Å². The van der Waals surface area contributed by atoms with Crippen LogP contribution in [0.4, 0.5) is 0 Å². The highest BCUT2D eigenvalue weighted by Crippen LogP contribution is 2.36. The largest absolute Gasteiger partial charge is 0.416 e. The second-order valence-electron chi connectivity index (χ2n) is 6.94. The van der Waals surface area contributed by atoms with Crippen molar-refractivity contribution in [3.05, 3.63) is 0 Å². The average Bonchev–Trinajstić information content (AvgIpc) is 2.72. The molecule has 1 rings (SSSR count). The van der Waals surface area contributed by atoms with E-state index in [2.05, 4.69) is 45.3 Å². The van der Waals surface area contributed by atoms with Gasteiger partial charge in [-0.2, -0.15) is 5.26 Å². The molecule has 0 aromatic carbocycles. The molecule has 1 N–H and O–H groups in total. The molecule has 1 aliphatic carbocycles. The summed E-state index contributed by atoms with van der Waals surface area (Å²) in [6.45, 7) is 12.8. The summed E-state index contributed by atoms with van der Waals surface area (Å²) < 4.78 is 6.11. The van der Waals surface area contributed by atoms with E-state index in [0.29, 0.717) is 0 Å². The fourth-order valence-corrected chi connectivity index (χ4v) is 3.17. The number of hydrogen-bond acceptors (Lipinski definition) is 3. The maximum absolute atomic E-state index is 9.26. The average molecular weight is 268 g/mol. The van der Waals surface area contributed by atoms with Crippen LogP contribution in [0.2, 0.25) is 18.1 Å². The van der Waals surface area contributed by atoms with Crippen LogP contribution in [0.15, 0.2) is 0 Å². The first-order valence-corrected chi connectivity index (χ1v) is 9.94. The number of rotatable bonds is 5. The van der Waals surface area contributed by atoms with Gasteiger partial charge in [0, 0.05) is 13.2 Å². The molecular formula is C14H28N2OSi. The molecule has 1 fully saturated rings. The first-order chi connectivity index (χ1) is 8.22. The van der Waals surface area contributed by atoms with Crippen molar-refractivity contribution in [1.82, 2.24) is 5.32 Å². The van der Waals surface area contributed by atoms with E-state index >= 15 is 0 Å². The molecule has 0 unspecified atom stereocenters. The highest BCUT2D eigenvalue weighted by atomic mass is 28.4. The van der Waals surface area contributed by atoms with E-state index in [9.17, 15) is 5.26 Å². The van der Waals surface area contributed by atoms with E-state index in [0.717, 1.165) is 26.0 Å². The minimum Gasteiger partial charge on any atom is -0.416 e. The highest BCUT2D eigenvalue weighted by Gasteiger charge is 2.37. The molecule has 0 aromatic rings. The van der Waals surface area contributed by atoms with Gasteiger partial charge in [-0.15, -0.1) is 0 Å². The Labute approximate surface area is 113 Å². The van der Waals surface area contributed by atoms with Gasteiger partial charge in [0.25, 0.3) is 0 Å². The van der Waals surface area contributed by atoms with Gasteiger partial charge in [-0.3, -0.25) is 5.32 Å². The van der Waals surface area contributed by atoms with E-state index in [4.69, 9.17) is 4.43 Å². The third-order valence-corrected chi connectivity index (χ3v) is 9.04. The van der Waals surface area contributed by atoms with Crippen LogP contribution in [0.5, 0.6) is 0 Å². The minimum absolute atomic E-state index is 0.257. The molecule has 0 atom stereocenters. The zero-order chi connectivity index (χ0) is 13.9. The summed E-state index contributed by atoms with van der Waals surface area (Å²) in [7, 11) is -1.64. The lowest BCUT2D eigenvalue weighted by molar-refractivity contribution is 0.269. The van der Waals surface area contributed by atoms with Gasteiger partial charge < -0.3 is 4.43 Å². The fraction of sp³-hybridized carbons (Fsp3) is 0.929. The predicted molar refractivity (Wildman–Crippen MR) is 78.0 cm³/mol. The maximum Gasteiger partial charge on any atom is 0.192 e. The molecule has 0 saturated heterocycles. The molecule has 1 saturated carbocycles. The standard InChI is InChI=1S/C14H28N2OSi/c1-13(2,3)18(4,5)17-11-10-16-14(12-15)8-6-7-9-14/h16H,6-11H2,1-5H3. The molecule has 0 spiro atoms. The first kappa shape index (κ1) is 15.7. The molecule has 4 heteroatoms. The molecule has 0 radical (unpaired) electrons. The molecule has 0 aromatic heterocycles. The zero-order valence-electron chi connectivity index (χ0n) is 12.6. The van der Waals surface area contributed by atoms with Crippen molar-refractivity contribution in [3.63, 3.8) is 0 Å². The van der Waals surface area contributed by atoms with Gasteiger partial charge in [0.15, 0.2) is 8.32 Å². The first-order valence-electron chi connectivity index (χ1n) is 7.03. The van der Waals surface area contributed by atoms with Crippen LogP contribution in [0.3, 0.4) is 0 Å². The van der Waals surface area contributed by atoms with Gasteiger partial charge in [0.05, 0.1) is 6.07 Å². The topological polar surface area (TPSA) is 45.0 Å². The Morgan fingerprint density at radius 1 is 1.28 bits per heavy atom. The van der Waals surface area contributed by atoms with Crippen molar-refractivity contribution in [3.8, 4) is 6.07 Å². The summed E-state index contributed by atoms with van der Waals surface area (Å²) >= 11 is 0. The van der Waals surface area contributed by atoms with Gasteiger partial charge in [-0.25, -0.2) is 0 Å². The van der Waals surface area contributed by atoms with Crippen LogP contribution in [-0.2, 0) is 4.43 Å². The normalized spacial score (nSPS) is 19.8. The summed E-state index contributed by atoms with van der Waals surface area (Å²) in [4.78, 5) is 0. The lowest BCUT2D eigenvalue weighted by Gasteiger charge is -2.36. The predicted octanol–water partition coefficient (Wildman–Crippen LogP) is 3.43. The highest BCUT2D eigenvalue weighted by molar-refractivity contribution is 6.74. The Balaban J connectivity index is 2.33. The van der Waals surface area contributed by atoms with Crippen LogP contribution >= 0.6 is 0 Å². The molecule has 0 bridgehead atoms. The van der Waals surface area contributed by atoms with Gasteiger partial charge in [0.2, 0.25) is 0 Å². The molecule has 0 heterocycles. The van der Waals surface area contributed by atoms with Crippen LogP contribution in [-0.4, -0.2) is 27.0 Å². The van der Waals surface area contributed by atoms with Crippen LogP contribution in [0.25, 0.3) is 0 Å². The van der Waals surface area contributed by atoms with Gasteiger partial charge in [0.1, 0.15) is 5.54 Å². The SMILES string of the molecule is CC(C)(C)[Si](C)(C)OCCNC1(C#N)CCCC1. The van der Waals surface area contributed by atoms with Crippen molar-refractivity contribution >= 4 is 8.32 Å². The fourth-order valence-electron chi connectivity index (χ4n) is 2.12. The Bertz CT molecular complexity index is 309. The Morgan fingerprint density at radius 2 is 1.83 bits per heavy atom. The van der Waals surface area contributed by atoms with Crippen molar-refractivity contribution < 1.29 is 4.43 Å². The molecular weight excluding hydrogens is 240 g/mol. The van der Waals surface area contributed by atoms with E-state index in [-0.39, 0.29) is 10.6 Å². The van der Waals surface area contributed by atoms with Crippen molar-refractivity contribution in [2.24, 2.45) is 0 Å². The van der Waals surface area contributed by atoms with Gasteiger partial charge in [-0.05, 0) is 31.0 Å². The van der Waals surface area contributed by atoms with Crippen LogP contribution < -0.4 is 5.32 Å². The van der Waals surface area contributed by atoms with Crippen LogP contribution in [0, 0.1) is 11.3 Å². The Morgan fingerprint density at radius 3 is 2.28 bits per heavy atom. The van der Waals surface area contributed by atoms with Gasteiger partial charge in [-0.1, -0.05) is 33.6 Å². The second kappa shape index (κ2) is 5.73. The van der Waals surface area contributed by atoms with Crippen LogP contribution in [0.1, 0.15) is 46.5 Å². The van der Waals surface area contributed by atoms with E-state index in [1.54, 1.807) is 0 Å². The Hall–Kier alpha value is -0.373. The van der Waals surface area contributed by atoms with E-state index in [1.807, 2.05) is 0 Å². The van der Waals surface area contributed by atoms with Gasteiger partial charge >= 0.3 is 0 Å². The molecule has 0 amide bonds. The molecule has 0 aliphatic heterocycles. The summed E-state index contributed by atoms with van der Waals surface area (Å²) in [5.74, 6) is 0. The lowest BCUT2D eigenvalue weighted by Crippen LogP contribution is -2.46. The molecule has 1 aliphatic rings. The molecule has 3 nitrogen and oxygen atoms in total. The molecule has 104 valence electrons. The summed E-state index contributed by atoms with van der Waals surface area (Å²) in [6, 6.07) is 2.45. The minimum atomic E-state index is -1.64. The number of nitrogens with one attached hydrogen (secondary N) is 1. The third-order valence-electron chi connectivity index (χ3n) is 4.51. The summed E-state index contributed by atoms with van der Waals surface area (Å²) in [5, 5.41) is 12.9. The number of nitriles is 1. The monoisotopic (exact) mass is 268 g/mol. The number of hydrogen-bond donors (Lipinski definition) is 1. The summed E-state index contributed by atoms with van der Waals surface area (Å²) in [6.07, 6.45) is 4.32. The maximum atomic E-state index is 9.26. The van der Waals surface area contributed by atoms with Crippen molar-refractivity contribution in [2.45, 2.75) is 70.1 Å². The quantitative estimate of drug-likeness (QED) is 0.614. The number of nitrogens with zero attached hydrogens (tertiary/aromatic N) is 1. The smallest absolute Gasteiger partial charge is 0.192 e. The van der Waals surface area contributed by atoms with Crippen molar-refractivity contribution in [2.75, 3.05) is 13.2 Å². The summed E-state index contributed by atoms with van der Waals surface area (Å²) in [5.41, 5.74) is -0.267. The van der Waals surface area contributed by atoms with Crippen molar-refractivity contribution in [1.29, 1.82) is 5.26 Å². The third kappa shape index (κ3) is 3.81. The zero-order valence-corrected chi connectivity index (χ0v) is 13.6. The molecule has 18 heavy (non-hydrogen) atoms. The lowest BCUT2D eigenvalue weighted by atomic mass is 10.0. The second-order valence-corrected chi connectivity index (χ2v) is 11.7. The van der Waals surface area contributed by atoms with E-state index in [1.165, 1.54) is 12.8 Å².